The van der Waals surface area contributed by atoms with Gasteiger partial charge in [-0.15, -0.1) is 10.2 Å². The molecule has 11 nitrogen and oxygen atoms in total. The van der Waals surface area contributed by atoms with Crippen LogP contribution >= 0.6 is 34.8 Å². The molecule has 3 N–H and O–H groups in total. The molecule has 0 saturated heterocycles. The highest BCUT2D eigenvalue weighted by Gasteiger charge is 2.29. The summed E-state index contributed by atoms with van der Waals surface area (Å²) in [5, 5.41) is 24.8. The van der Waals surface area contributed by atoms with Crippen LogP contribution in [-0.2, 0) is 4.79 Å². The molecule has 1 amide bonds. The van der Waals surface area contributed by atoms with E-state index < -0.39 is 29.7 Å². The van der Waals surface area contributed by atoms with E-state index >= 15 is 0 Å². The number of anilines is 1. The number of aliphatic hydroxyl groups excluding tert-OH is 1. The lowest BCUT2D eigenvalue weighted by molar-refractivity contribution is -0.118. The standard InChI is InChI=1S/C26H17Cl3N6O5/c27-14-7-5-13(6-8-14)22(23-17(28)9-15(10-18(23)29)35-26(39)32-20(37)11-30-35)25-34-33-24(40-25)16-3-1-2-4-19(16)31-21(38)12-36/h1-11,22,36H,12H2,(H,31,38)(H,32,37,39). The smallest absolute Gasteiger partial charge is 0.349 e. The number of hydrogen-bond acceptors (Lipinski definition) is 8. The first kappa shape index (κ1) is 27.3. The third kappa shape index (κ3) is 5.54. The Morgan fingerprint density at radius 1 is 1.02 bits per heavy atom. The van der Waals surface area contributed by atoms with Crippen LogP contribution < -0.4 is 16.6 Å². The summed E-state index contributed by atoms with van der Waals surface area (Å²) in [6.45, 7) is -0.699. The average Bonchev–Trinajstić information content (AvgIpc) is 3.41. The number of H-pyrrole nitrogens is 1. The highest BCUT2D eigenvalue weighted by Crippen LogP contribution is 2.42. The first-order valence-corrected chi connectivity index (χ1v) is 12.7. The maximum absolute atomic E-state index is 12.3. The molecule has 40 heavy (non-hydrogen) atoms. The van der Waals surface area contributed by atoms with Crippen LogP contribution in [0.5, 0.6) is 0 Å². The molecule has 0 aliphatic rings. The maximum atomic E-state index is 12.3. The Morgan fingerprint density at radius 2 is 1.73 bits per heavy atom. The normalized spacial score (nSPS) is 11.8. The number of aliphatic hydroxyl groups is 1. The van der Waals surface area contributed by atoms with E-state index in [0.29, 0.717) is 27.4 Å². The summed E-state index contributed by atoms with van der Waals surface area (Å²) in [5.74, 6) is -1.17. The van der Waals surface area contributed by atoms with Gasteiger partial charge in [-0.2, -0.15) is 9.78 Å². The second-order valence-corrected chi connectivity index (χ2v) is 9.61. The summed E-state index contributed by atoms with van der Waals surface area (Å²) < 4.78 is 7.04. The monoisotopic (exact) mass is 598 g/mol. The summed E-state index contributed by atoms with van der Waals surface area (Å²) in [6.07, 6.45) is 0.953. The molecule has 2 aromatic heterocycles. The SMILES string of the molecule is O=C(CO)Nc1ccccc1-c1nnc(C(c2ccc(Cl)cc2)c2c(Cl)cc(-n3ncc(=O)[nH]c3=O)cc2Cl)o1. The molecule has 0 aliphatic carbocycles. The second-order valence-electron chi connectivity index (χ2n) is 8.36. The van der Waals surface area contributed by atoms with Crippen LogP contribution in [0.4, 0.5) is 5.69 Å². The van der Waals surface area contributed by atoms with E-state index in [1.54, 1.807) is 48.5 Å². The molecule has 14 heteroatoms. The van der Waals surface area contributed by atoms with Crippen molar-refractivity contribution in [3.63, 3.8) is 0 Å². The molecular weight excluding hydrogens is 583 g/mol. The van der Waals surface area contributed by atoms with Gasteiger partial charge in [0.1, 0.15) is 12.8 Å². The Labute approximate surface area is 240 Å². The topological polar surface area (TPSA) is 156 Å². The molecule has 0 bridgehead atoms. The summed E-state index contributed by atoms with van der Waals surface area (Å²) in [6, 6.07) is 16.5. The van der Waals surface area contributed by atoms with Gasteiger partial charge in [-0.1, -0.05) is 59.1 Å². The van der Waals surface area contributed by atoms with E-state index in [9.17, 15) is 14.4 Å². The van der Waals surface area contributed by atoms with E-state index in [4.69, 9.17) is 44.3 Å². The van der Waals surface area contributed by atoms with Crippen molar-refractivity contribution < 1.29 is 14.3 Å². The molecule has 2 heterocycles. The maximum Gasteiger partial charge on any atom is 0.349 e. The molecule has 0 fully saturated rings. The van der Waals surface area contributed by atoms with Gasteiger partial charge in [-0.05, 0) is 42.0 Å². The minimum Gasteiger partial charge on any atom is -0.420 e. The van der Waals surface area contributed by atoms with Gasteiger partial charge in [0, 0.05) is 20.6 Å². The molecular formula is C26H17Cl3N6O5. The van der Waals surface area contributed by atoms with Crippen LogP contribution in [0.2, 0.25) is 15.1 Å². The van der Waals surface area contributed by atoms with Crippen molar-refractivity contribution in [1.29, 1.82) is 0 Å². The van der Waals surface area contributed by atoms with Gasteiger partial charge < -0.3 is 14.8 Å². The lowest BCUT2D eigenvalue weighted by atomic mass is 9.90. The summed E-state index contributed by atoms with van der Waals surface area (Å²) in [5.41, 5.74) is 0.640. The zero-order chi connectivity index (χ0) is 28.4. The van der Waals surface area contributed by atoms with Gasteiger partial charge in [-0.25, -0.2) is 4.79 Å². The van der Waals surface area contributed by atoms with Gasteiger partial charge in [-0.3, -0.25) is 14.6 Å². The Morgan fingerprint density at radius 3 is 2.40 bits per heavy atom. The molecule has 5 rings (SSSR count). The number of rotatable bonds is 7. The van der Waals surface area contributed by atoms with Crippen molar-refractivity contribution >= 4 is 46.4 Å². The van der Waals surface area contributed by atoms with E-state index in [1.807, 2.05) is 0 Å². The molecule has 0 spiro atoms. The summed E-state index contributed by atoms with van der Waals surface area (Å²) in [7, 11) is 0. The highest BCUT2D eigenvalue weighted by atomic mass is 35.5. The van der Waals surface area contributed by atoms with Gasteiger partial charge in [0.15, 0.2) is 0 Å². The molecule has 1 atom stereocenters. The van der Waals surface area contributed by atoms with Gasteiger partial charge in [0.2, 0.25) is 17.7 Å². The number of benzene rings is 3. The first-order chi connectivity index (χ1) is 19.2. The number of nitrogens with one attached hydrogen (secondary N) is 2. The number of hydrogen-bond donors (Lipinski definition) is 3. The number of amides is 1. The quantitative estimate of drug-likeness (QED) is 0.253. The molecule has 202 valence electrons. The average molecular weight is 600 g/mol. The fourth-order valence-electron chi connectivity index (χ4n) is 4.02. The number of aromatic amines is 1. The summed E-state index contributed by atoms with van der Waals surface area (Å²) in [4.78, 5) is 37.6. The van der Waals surface area contributed by atoms with Crippen molar-refractivity contribution in [3.05, 3.63) is 120 Å². The molecule has 3 aromatic carbocycles. The van der Waals surface area contributed by atoms with Crippen LogP contribution in [-0.4, -0.2) is 42.6 Å². The van der Waals surface area contributed by atoms with Crippen molar-refractivity contribution in [2.24, 2.45) is 0 Å². The lowest BCUT2D eigenvalue weighted by Crippen LogP contribution is -2.30. The lowest BCUT2D eigenvalue weighted by Gasteiger charge is -2.18. The summed E-state index contributed by atoms with van der Waals surface area (Å²) >= 11 is 19.6. The number of nitrogens with zero attached hydrogens (tertiary/aromatic N) is 4. The predicted molar refractivity (Wildman–Crippen MR) is 148 cm³/mol. The third-order valence-electron chi connectivity index (χ3n) is 5.78. The van der Waals surface area contributed by atoms with Crippen molar-refractivity contribution in [2.75, 3.05) is 11.9 Å². The number of para-hydroxylation sites is 1. The minimum atomic E-state index is -0.771. The van der Waals surface area contributed by atoms with Gasteiger partial charge >= 0.3 is 5.69 Å². The van der Waals surface area contributed by atoms with Crippen LogP contribution in [0.15, 0.2) is 80.9 Å². The van der Waals surface area contributed by atoms with Gasteiger partial charge in [0.05, 0.1) is 22.9 Å². The second kappa shape index (κ2) is 11.4. The van der Waals surface area contributed by atoms with E-state index in [0.717, 1.165) is 10.9 Å². The first-order valence-electron chi connectivity index (χ1n) is 11.5. The zero-order valence-corrected chi connectivity index (χ0v) is 22.4. The third-order valence-corrected chi connectivity index (χ3v) is 6.65. The fraction of sp³-hybridized carbons (Fsp3) is 0.0769. The number of carbonyl (C=O) groups excluding carboxylic acids is 1. The number of aromatic nitrogens is 5. The molecule has 0 saturated carbocycles. The van der Waals surface area contributed by atoms with Crippen molar-refractivity contribution in [1.82, 2.24) is 25.0 Å². The molecule has 5 aromatic rings. The Balaban J connectivity index is 1.63. The van der Waals surface area contributed by atoms with Crippen molar-refractivity contribution in [2.45, 2.75) is 5.92 Å². The van der Waals surface area contributed by atoms with Crippen molar-refractivity contribution in [3.8, 4) is 17.1 Å². The molecule has 1 unspecified atom stereocenters. The number of carbonyl (C=O) groups is 1. The Kier molecular flexibility index (Phi) is 7.81. The Bertz CT molecular complexity index is 1810. The minimum absolute atomic E-state index is 0.0932. The van der Waals surface area contributed by atoms with E-state index in [2.05, 4.69) is 25.6 Å². The van der Waals surface area contributed by atoms with E-state index in [1.165, 1.54) is 12.1 Å². The van der Waals surface area contributed by atoms with E-state index in [-0.39, 0.29) is 27.5 Å². The number of halogens is 3. The highest BCUT2D eigenvalue weighted by molar-refractivity contribution is 6.36. The predicted octanol–water partition coefficient (Wildman–Crippen LogP) is 4.04. The largest absolute Gasteiger partial charge is 0.420 e. The Hall–Kier alpha value is -4.29. The fourth-order valence-corrected chi connectivity index (χ4v) is 4.84. The molecule has 0 aliphatic heterocycles. The van der Waals surface area contributed by atoms with Crippen LogP contribution in [0.25, 0.3) is 17.1 Å². The zero-order valence-electron chi connectivity index (χ0n) is 20.1. The molecule has 0 radical (unpaired) electrons. The van der Waals surface area contributed by atoms with Gasteiger partial charge in [0.25, 0.3) is 5.56 Å². The van der Waals surface area contributed by atoms with Crippen LogP contribution in [0.1, 0.15) is 22.9 Å². The van der Waals surface area contributed by atoms with Crippen LogP contribution in [0.3, 0.4) is 0 Å². The van der Waals surface area contributed by atoms with Crippen LogP contribution in [0, 0.1) is 0 Å².